The van der Waals surface area contributed by atoms with E-state index in [2.05, 4.69) is 4.98 Å². The first-order valence-electron chi connectivity index (χ1n) is 5.52. The van der Waals surface area contributed by atoms with Crippen molar-refractivity contribution < 1.29 is 19.7 Å². The summed E-state index contributed by atoms with van der Waals surface area (Å²) in [5.74, 6) is 0.189. The number of methoxy groups -OCH3 is 1. The molecule has 3 rings (SSSR count). The van der Waals surface area contributed by atoms with E-state index in [1.807, 2.05) is 0 Å². The van der Waals surface area contributed by atoms with Gasteiger partial charge < -0.3 is 14.9 Å². The Hall–Kier alpha value is -2.76. The molecule has 1 aromatic carbocycles. The highest BCUT2D eigenvalue weighted by Gasteiger charge is 2.17. The summed E-state index contributed by atoms with van der Waals surface area (Å²) >= 11 is 0. The summed E-state index contributed by atoms with van der Waals surface area (Å²) in [6.07, 6.45) is 2.00. The molecule has 2 N–H and O–H groups in total. The van der Waals surface area contributed by atoms with Gasteiger partial charge >= 0.3 is 6.09 Å². The lowest BCUT2D eigenvalue weighted by Gasteiger charge is -2.04. The molecule has 0 aliphatic rings. The number of fused-ring (bicyclic) bond motifs is 3. The Labute approximate surface area is 107 Å². The van der Waals surface area contributed by atoms with Crippen LogP contribution < -0.4 is 4.74 Å². The summed E-state index contributed by atoms with van der Waals surface area (Å²) in [5, 5.41) is 20.5. The Bertz CT molecular complexity index is 807. The van der Waals surface area contributed by atoms with E-state index in [-0.39, 0.29) is 5.75 Å². The SMILES string of the molecule is COc1cc2c3cnccc3n(C(=O)O)c2cc1O. The smallest absolute Gasteiger partial charge is 0.416 e. The lowest BCUT2D eigenvalue weighted by Crippen LogP contribution is -2.06. The van der Waals surface area contributed by atoms with E-state index in [1.165, 1.54) is 19.4 Å². The van der Waals surface area contributed by atoms with Gasteiger partial charge in [0.1, 0.15) is 0 Å². The third-order valence-electron chi connectivity index (χ3n) is 3.06. The summed E-state index contributed by atoms with van der Waals surface area (Å²) in [6.45, 7) is 0. The number of pyridine rings is 1. The number of hydrogen-bond donors (Lipinski definition) is 2. The van der Waals surface area contributed by atoms with Crippen molar-refractivity contribution in [3.8, 4) is 11.5 Å². The first-order chi connectivity index (χ1) is 9.13. The van der Waals surface area contributed by atoms with Crippen LogP contribution in [0.5, 0.6) is 11.5 Å². The maximum atomic E-state index is 11.4. The van der Waals surface area contributed by atoms with E-state index in [0.29, 0.717) is 27.6 Å². The highest BCUT2D eigenvalue weighted by atomic mass is 16.5. The predicted octanol–water partition coefficient (Wildman–Crippen LogP) is 2.43. The van der Waals surface area contributed by atoms with Crippen LogP contribution in [0.3, 0.4) is 0 Å². The van der Waals surface area contributed by atoms with Crippen LogP contribution in [0.25, 0.3) is 21.8 Å². The van der Waals surface area contributed by atoms with Crippen molar-refractivity contribution in [1.29, 1.82) is 0 Å². The number of rotatable bonds is 1. The normalized spacial score (nSPS) is 11.0. The van der Waals surface area contributed by atoms with Gasteiger partial charge in [-0.15, -0.1) is 0 Å². The van der Waals surface area contributed by atoms with Crippen molar-refractivity contribution in [3.63, 3.8) is 0 Å². The fraction of sp³-hybridized carbons (Fsp3) is 0.0769. The average molecular weight is 258 g/mol. The van der Waals surface area contributed by atoms with Crippen LogP contribution in [-0.4, -0.2) is 33.0 Å². The van der Waals surface area contributed by atoms with Crippen molar-refractivity contribution in [2.75, 3.05) is 7.11 Å². The molecule has 0 unspecified atom stereocenters. The molecule has 0 bridgehead atoms. The number of carboxylic acid groups (broad SMARTS) is 1. The van der Waals surface area contributed by atoms with Crippen LogP contribution in [0.4, 0.5) is 4.79 Å². The molecule has 6 heteroatoms. The zero-order valence-electron chi connectivity index (χ0n) is 9.99. The van der Waals surface area contributed by atoms with Crippen LogP contribution in [-0.2, 0) is 0 Å². The number of nitrogens with zero attached hydrogens (tertiary/aromatic N) is 2. The van der Waals surface area contributed by atoms with Crippen LogP contribution in [0.15, 0.2) is 30.6 Å². The van der Waals surface area contributed by atoms with Gasteiger partial charge in [0, 0.05) is 29.2 Å². The summed E-state index contributed by atoms with van der Waals surface area (Å²) in [5.41, 5.74) is 0.916. The van der Waals surface area contributed by atoms with E-state index in [1.54, 1.807) is 18.3 Å². The Morgan fingerprint density at radius 2 is 2.11 bits per heavy atom. The molecular weight excluding hydrogens is 248 g/mol. The summed E-state index contributed by atoms with van der Waals surface area (Å²) in [7, 11) is 1.44. The standard InChI is InChI=1S/C13H10N2O4/c1-19-12-4-7-8-6-14-3-2-9(8)15(13(17)18)10(7)5-11(12)16/h2-6,16H,1H3,(H,17,18). The number of aromatic hydroxyl groups is 1. The van der Waals surface area contributed by atoms with Gasteiger partial charge in [0.05, 0.1) is 18.1 Å². The van der Waals surface area contributed by atoms with Crippen molar-refractivity contribution in [2.24, 2.45) is 0 Å². The highest BCUT2D eigenvalue weighted by Crippen LogP contribution is 2.36. The topological polar surface area (TPSA) is 84.6 Å². The average Bonchev–Trinajstić information content (AvgIpc) is 2.71. The Morgan fingerprint density at radius 1 is 1.32 bits per heavy atom. The van der Waals surface area contributed by atoms with Crippen molar-refractivity contribution >= 4 is 27.9 Å². The Kier molecular flexibility index (Phi) is 2.31. The first-order valence-corrected chi connectivity index (χ1v) is 5.52. The zero-order chi connectivity index (χ0) is 13.6. The second kappa shape index (κ2) is 3.88. The molecule has 0 saturated heterocycles. The quantitative estimate of drug-likeness (QED) is 0.700. The molecule has 0 aliphatic heterocycles. The predicted molar refractivity (Wildman–Crippen MR) is 68.9 cm³/mol. The Morgan fingerprint density at radius 3 is 2.79 bits per heavy atom. The third-order valence-corrected chi connectivity index (χ3v) is 3.06. The molecule has 2 heterocycles. The number of ether oxygens (including phenoxy) is 1. The molecule has 3 aromatic rings. The zero-order valence-corrected chi connectivity index (χ0v) is 9.99. The van der Waals surface area contributed by atoms with E-state index in [9.17, 15) is 15.0 Å². The monoisotopic (exact) mass is 258 g/mol. The van der Waals surface area contributed by atoms with Gasteiger partial charge in [0.15, 0.2) is 11.5 Å². The molecule has 0 fully saturated rings. The van der Waals surface area contributed by atoms with Gasteiger partial charge in [-0.25, -0.2) is 9.36 Å². The van der Waals surface area contributed by atoms with E-state index in [0.717, 1.165) is 4.57 Å². The largest absolute Gasteiger partial charge is 0.504 e. The molecule has 19 heavy (non-hydrogen) atoms. The first kappa shape index (κ1) is 11.3. The van der Waals surface area contributed by atoms with Gasteiger partial charge in [0.2, 0.25) is 0 Å². The van der Waals surface area contributed by atoms with Crippen molar-refractivity contribution in [1.82, 2.24) is 9.55 Å². The number of aromatic nitrogens is 2. The number of hydrogen-bond acceptors (Lipinski definition) is 4. The third kappa shape index (κ3) is 1.50. The van der Waals surface area contributed by atoms with Gasteiger partial charge in [0.25, 0.3) is 0 Å². The van der Waals surface area contributed by atoms with E-state index < -0.39 is 6.09 Å². The molecular formula is C13H10N2O4. The number of carbonyl (C=O) groups is 1. The van der Waals surface area contributed by atoms with E-state index in [4.69, 9.17) is 4.74 Å². The number of phenolic OH excluding ortho intramolecular Hbond substituents is 1. The maximum absolute atomic E-state index is 11.4. The molecule has 0 spiro atoms. The van der Waals surface area contributed by atoms with Gasteiger partial charge in [-0.2, -0.15) is 0 Å². The second-order valence-electron chi connectivity index (χ2n) is 4.05. The Balaban J connectivity index is 2.56. The highest BCUT2D eigenvalue weighted by molar-refractivity contribution is 6.12. The molecule has 6 nitrogen and oxygen atoms in total. The second-order valence-corrected chi connectivity index (χ2v) is 4.05. The van der Waals surface area contributed by atoms with Crippen LogP contribution in [0.1, 0.15) is 0 Å². The summed E-state index contributed by atoms with van der Waals surface area (Å²) in [6, 6.07) is 4.60. The maximum Gasteiger partial charge on any atom is 0.416 e. The van der Waals surface area contributed by atoms with Crippen molar-refractivity contribution in [2.45, 2.75) is 0 Å². The number of phenols is 1. The summed E-state index contributed by atoms with van der Waals surface area (Å²) in [4.78, 5) is 15.4. The fourth-order valence-corrected chi connectivity index (χ4v) is 2.25. The molecule has 0 aliphatic carbocycles. The molecule has 0 radical (unpaired) electrons. The lowest BCUT2D eigenvalue weighted by molar-refractivity contribution is 0.198. The van der Waals surface area contributed by atoms with Gasteiger partial charge in [-0.3, -0.25) is 4.98 Å². The van der Waals surface area contributed by atoms with Crippen LogP contribution in [0.2, 0.25) is 0 Å². The fourth-order valence-electron chi connectivity index (χ4n) is 2.25. The minimum atomic E-state index is -1.12. The molecule has 0 atom stereocenters. The van der Waals surface area contributed by atoms with Crippen LogP contribution in [0, 0.1) is 0 Å². The summed E-state index contributed by atoms with van der Waals surface area (Å²) < 4.78 is 6.16. The molecule has 2 aromatic heterocycles. The number of benzene rings is 1. The minimum Gasteiger partial charge on any atom is -0.504 e. The molecule has 96 valence electrons. The lowest BCUT2D eigenvalue weighted by atomic mass is 10.2. The van der Waals surface area contributed by atoms with E-state index >= 15 is 0 Å². The minimum absolute atomic E-state index is 0.103. The molecule has 0 amide bonds. The van der Waals surface area contributed by atoms with Gasteiger partial charge in [-0.05, 0) is 12.1 Å². The van der Waals surface area contributed by atoms with Crippen LogP contribution >= 0.6 is 0 Å². The molecule has 0 saturated carbocycles. The van der Waals surface area contributed by atoms with Gasteiger partial charge in [-0.1, -0.05) is 0 Å². The van der Waals surface area contributed by atoms with Crippen molar-refractivity contribution in [3.05, 3.63) is 30.6 Å².